The summed E-state index contributed by atoms with van der Waals surface area (Å²) in [6, 6.07) is 0. The summed E-state index contributed by atoms with van der Waals surface area (Å²) in [5.74, 6) is -0.125. The van der Waals surface area contributed by atoms with Crippen molar-refractivity contribution in [1.82, 2.24) is 0 Å². The van der Waals surface area contributed by atoms with Crippen LogP contribution in [0.1, 0.15) is 33.6 Å². The second-order valence-electron chi connectivity index (χ2n) is 4.13. The van der Waals surface area contributed by atoms with Gasteiger partial charge in [0.05, 0.1) is 31.3 Å². The van der Waals surface area contributed by atoms with E-state index < -0.39 is 0 Å². The molecule has 1 aliphatic rings. The molecule has 0 bridgehead atoms. The molecule has 1 fully saturated rings. The summed E-state index contributed by atoms with van der Waals surface area (Å²) in [4.78, 5) is 11.2. The van der Waals surface area contributed by atoms with E-state index in [1.165, 1.54) is 0 Å². The van der Waals surface area contributed by atoms with Gasteiger partial charge in [0.15, 0.2) is 0 Å². The molecule has 0 aliphatic carbocycles. The van der Waals surface area contributed by atoms with Gasteiger partial charge in [-0.15, -0.1) is 0 Å². The van der Waals surface area contributed by atoms with Crippen molar-refractivity contribution in [2.24, 2.45) is 5.92 Å². The number of ether oxygens (including phenoxy) is 2. The van der Waals surface area contributed by atoms with Gasteiger partial charge in [-0.05, 0) is 13.8 Å². The maximum absolute atomic E-state index is 11.2. The van der Waals surface area contributed by atoms with E-state index in [0.717, 1.165) is 0 Å². The van der Waals surface area contributed by atoms with Crippen LogP contribution in [0.5, 0.6) is 0 Å². The number of aliphatic hydroxyl groups is 1. The summed E-state index contributed by atoms with van der Waals surface area (Å²) in [7, 11) is 0. The first-order valence-corrected chi connectivity index (χ1v) is 5.53. The van der Waals surface area contributed by atoms with Crippen molar-refractivity contribution in [2.45, 2.75) is 51.9 Å². The van der Waals surface area contributed by atoms with E-state index in [9.17, 15) is 9.90 Å². The Kier molecular flexibility index (Phi) is 4.54. The molecule has 1 aliphatic heterocycles. The monoisotopic (exact) mass is 216 g/mol. The number of hydrogen-bond donors (Lipinski definition) is 1. The minimum atomic E-state index is -0.381. The summed E-state index contributed by atoms with van der Waals surface area (Å²) in [6.07, 6.45) is 0.165. The highest BCUT2D eigenvalue weighted by molar-refractivity contribution is 5.69. The normalized spacial score (nSPS) is 36.3. The smallest absolute Gasteiger partial charge is 0.308 e. The number of rotatable bonds is 3. The van der Waals surface area contributed by atoms with Crippen molar-refractivity contribution in [2.75, 3.05) is 6.61 Å². The van der Waals surface area contributed by atoms with Crippen LogP contribution in [0.25, 0.3) is 0 Å². The van der Waals surface area contributed by atoms with Gasteiger partial charge >= 0.3 is 5.97 Å². The van der Waals surface area contributed by atoms with Crippen LogP contribution < -0.4 is 0 Å². The van der Waals surface area contributed by atoms with E-state index in [1.807, 2.05) is 13.8 Å². The molecule has 0 amide bonds. The summed E-state index contributed by atoms with van der Waals surface area (Å²) in [5, 5.41) is 9.73. The first-order valence-electron chi connectivity index (χ1n) is 5.53. The van der Waals surface area contributed by atoms with Crippen LogP contribution in [0.4, 0.5) is 0 Å². The van der Waals surface area contributed by atoms with Gasteiger partial charge in [-0.3, -0.25) is 4.79 Å². The Bertz CT molecular complexity index is 205. The molecule has 0 aromatic heterocycles. The zero-order chi connectivity index (χ0) is 11.4. The zero-order valence-electron chi connectivity index (χ0n) is 9.60. The standard InChI is InChI=1S/C11H20O4/c1-4-14-11(13)6-9-5-10(12)7(2)8(3)15-9/h7-10,12H,4-6H2,1-3H3/t7-,8+,9+,10+/m1/s1. The third-order valence-corrected chi connectivity index (χ3v) is 2.96. The highest BCUT2D eigenvalue weighted by Crippen LogP contribution is 2.26. The average Bonchev–Trinajstić information content (AvgIpc) is 2.14. The topological polar surface area (TPSA) is 55.8 Å². The minimum absolute atomic E-state index is 0.00632. The van der Waals surface area contributed by atoms with Crippen molar-refractivity contribution in [3.8, 4) is 0 Å². The average molecular weight is 216 g/mol. The van der Waals surface area contributed by atoms with Crippen LogP contribution in [-0.4, -0.2) is 36.0 Å². The highest BCUT2D eigenvalue weighted by Gasteiger charge is 2.33. The molecule has 1 rings (SSSR count). The van der Waals surface area contributed by atoms with Crippen molar-refractivity contribution in [1.29, 1.82) is 0 Å². The molecule has 1 N–H and O–H groups in total. The number of carbonyl (C=O) groups excluding carboxylic acids is 1. The van der Waals surface area contributed by atoms with Gasteiger partial charge in [0.25, 0.3) is 0 Å². The second kappa shape index (κ2) is 5.47. The third kappa shape index (κ3) is 3.47. The molecule has 1 heterocycles. The summed E-state index contributed by atoms with van der Waals surface area (Å²) < 4.78 is 10.5. The van der Waals surface area contributed by atoms with E-state index in [1.54, 1.807) is 6.92 Å². The molecule has 15 heavy (non-hydrogen) atoms. The predicted molar refractivity (Wildman–Crippen MR) is 55.4 cm³/mol. The largest absolute Gasteiger partial charge is 0.466 e. The Balaban J connectivity index is 2.41. The van der Waals surface area contributed by atoms with Gasteiger partial charge in [0.2, 0.25) is 0 Å². The Morgan fingerprint density at radius 3 is 2.73 bits per heavy atom. The Morgan fingerprint density at radius 1 is 1.53 bits per heavy atom. The summed E-state index contributed by atoms with van der Waals surface area (Å²) in [6.45, 7) is 6.04. The van der Waals surface area contributed by atoms with Crippen molar-refractivity contribution in [3.63, 3.8) is 0 Å². The lowest BCUT2D eigenvalue weighted by Crippen LogP contribution is -2.42. The van der Waals surface area contributed by atoms with Gasteiger partial charge in [-0.25, -0.2) is 0 Å². The van der Waals surface area contributed by atoms with Gasteiger partial charge in [0.1, 0.15) is 0 Å². The lowest BCUT2D eigenvalue weighted by Gasteiger charge is -2.36. The van der Waals surface area contributed by atoms with Crippen LogP contribution in [0, 0.1) is 5.92 Å². The lowest BCUT2D eigenvalue weighted by molar-refractivity contribution is -0.157. The number of carbonyl (C=O) groups is 1. The fraction of sp³-hybridized carbons (Fsp3) is 0.909. The zero-order valence-corrected chi connectivity index (χ0v) is 9.60. The quantitative estimate of drug-likeness (QED) is 0.718. The van der Waals surface area contributed by atoms with Crippen LogP contribution in [0.2, 0.25) is 0 Å². The van der Waals surface area contributed by atoms with Crippen molar-refractivity contribution >= 4 is 5.97 Å². The summed E-state index contributed by atoms with van der Waals surface area (Å²) in [5.41, 5.74) is 0. The first kappa shape index (κ1) is 12.5. The predicted octanol–water partition coefficient (Wildman–Crippen LogP) is 1.11. The van der Waals surface area contributed by atoms with Gasteiger partial charge < -0.3 is 14.6 Å². The molecule has 0 aromatic carbocycles. The fourth-order valence-corrected chi connectivity index (χ4v) is 1.82. The molecular formula is C11H20O4. The van der Waals surface area contributed by atoms with Crippen molar-refractivity contribution < 1.29 is 19.4 Å². The molecule has 1 saturated heterocycles. The Morgan fingerprint density at radius 2 is 2.20 bits per heavy atom. The first-order chi connectivity index (χ1) is 7.04. The lowest BCUT2D eigenvalue weighted by atomic mass is 9.90. The van der Waals surface area contributed by atoms with Crippen LogP contribution in [0.3, 0.4) is 0 Å². The molecular weight excluding hydrogens is 196 g/mol. The van der Waals surface area contributed by atoms with Crippen LogP contribution in [-0.2, 0) is 14.3 Å². The number of hydrogen-bond acceptors (Lipinski definition) is 4. The Hall–Kier alpha value is -0.610. The third-order valence-electron chi connectivity index (χ3n) is 2.96. The Labute approximate surface area is 90.6 Å². The highest BCUT2D eigenvalue weighted by atomic mass is 16.5. The maximum Gasteiger partial charge on any atom is 0.308 e. The molecule has 0 saturated carbocycles. The molecule has 0 unspecified atom stereocenters. The van der Waals surface area contributed by atoms with Crippen molar-refractivity contribution in [3.05, 3.63) is 0 Å². The molecule has 88 valence electrons. The van der Waals surface area contributed by atoms with E-state index in [0.29, 0.717) is 13.0 Å². The SMILES string of the molecule is CCOC(=O)C[C@@H]1C[C@H](O)[C@H](C)[C@H](C)O1. The fourth-order valence-electron chi connectivity index (χ4n) is 1.82. The van der Waals surface area contributed by atoms with E-state index in [-0.39, 0.29) is 36.6 Å². The summed E-state index contributed by atoms with van der Waals surface area (Å²) >= 11 is 0. The molecule has 0 aromatic rings. The van der Waals surface area contributed by atoms with Crippen LogP contribution >= 0.6 is 0 Å². The molecule has 4 nitrogen and oxygen atoms in total. The van der Waals surface area contributed by atoms with E-state index in [4.69, 9.17) is 9.47 Å². The molecule has 4 atom stereocenters. The minimum Gasteiger partial charge on any atom is -0.466 e. The van der Waals surface area contributed by atoms with E-state index in [2.05, 4.69) is 0 Å². The number of aliphatic hydroxyl groups excluding tert-OH is 1. The van der Waals surface area contributed by atoms with Gasteiger partial charge in [-0.1, -0.05) is 6.92 Å². The molecule has 0 spiro atoms. The van der Waals surface area contributed by atoms with E-state index >= 15 is 0 Å². The molecule has 4 heteroatoms. The number of esters is 1. The van der Waals surface area contributed by atoms with Gasteiger partial charge in [-0.2, -0.15) is 0 Å². The molecule has 0 radical (unpaired) electrons. The van der Waals surface area contributed by atoms with Crippen LogP contribution in [0.15, 0.2) is 0 Å². The van der Waals surface area contributed by atoms with Gasteiger partial charge in [0, 0.05) is 12.3 Å². The second-order valence-corrected chi connectivity index (χ2v) is 4.13. The maximum atomic E-state index is 11.2.